The second kappa shape index (κ2) is 12.0. The number of amides is 1. The first-order valence-electron chi connectivity index (χ1n) is 12.5. The molecule has 2 aliphatic rings. The molecule has 1 amide bonds. The number of anilines is 1. The largest absolute Gasteiger partial charge is 0.481 e. The Labute approximate surface area is 231 Å². The van der Waals surface area contributed by atoms with Gasteiger partial charge in [-0.3, -0.25) is 9.59 Å². The van der Waals surface area contributed by atoms with Gasteiger partial charge in [0.25, 0.3) is 0 Å². The SMILES string of the molecule is O=C(O)C1CCCN(c2ccccc2Sc2ccc(/C=C/C(=O)N3CC=CCC3)c(C(F)(F)F)c2C(F)(F)F)C1. The van der Waals surface area contributed by atoms with Gasteiger partial charge in [0.05, 0.1) is 22.7 Å². The minimum Gasteiger partial charge on any atom is -0.481 e. The zero-order valence-electron chi connectivity index (χ0n) is 21.1. The number of rotatable bonds is 6. The number of carbonyl (C=O) groups is 2. The quantitative estimate of drug-likeness (QED) is 0.226. The number of halogens is 6. The summed E-state index contributed by atoms with van der Waals surface area (Å²) in [7, 11) is 0. The van der Waals surface area contributed by atoms with E-state index < -0.39 is 51.7 Å². The Kier molecular flexibility index (Phi) is 8.86. The van der Waals surface area contributed by atoms with Crippen LogP contribution < -0.4 is 4.90 Å². The summed E-state index contributed by atoms with van der Waals surface area (Å²) in [6.07, 6.45) is -3.90. The number of hydrogen-bond acceptors (Lipinski definition) is 4. The topological polar surface area (TPSA) is 60.9 Å². The fourth-order valence-electron chi connectivity index (χ4n) is 4.84. The Hall–Kier alpha value is -3.41. The third kappa shape index (κ3) is 6.83. The van der Waals surface area contributed by atoms with Crippen LogP contribution in [0.5, 0.6) is 0 Å². The molecule has 0 radical (unpaired) electrons. The molecule has 2 heterocycles. The summed E-state index contributed by atoms with van der Waals surface area (Å²) in [6, 6.07) is 8.22. The van der Waals surface area contributed by atoms with Gasteiger partial charge in [-0.1, -0.05) is 42.1 Å². The number of carboxylic acid groups (broad SMARTS) is 1. The van der Waals surface area contributed by atoms with E-state index in [4.69, 9.17) is 0 Å². The zero-order chi connectivity index (χ0) is 29.1. The number of para-hydroxylation sites is 1. The van der Waals surface area contributed by atoms with Gasteiger partial charge in [0.1, 0.15) is 0 Å². The Morgan fingerprint density at radius 3 is 2.30 bits per heavy atom. The highest BCUT2D eigenvalue weighted by molar-refractivity contribution is 7.99. The fraction of sp³-hybridized carbons (Fsp3) is 0.357. The van der Waals surface area contributed by atoms with Crippen molar-refractivity contribution in [2.45, 2.75) is 41.4 Å². The lowest BCUT2D eigenvalue weighted by molar-refractivity contribution is -0.163. The molecule has 214 valence electrons. The van der Waals surface area contributed by atoms with Crippen molar-refractivity contribution in [2.75, 3.05) is 31.1 Å². The highest BCUT2D eigenvalue weighted by Crippen LogP contribution is 2.49. The van der Waals surface area contributed by atoms with Gasteiger partial charge in [-0.05, 0) is 49.1 Å². The second-order valence-corrected chi connectivity index (χ2v) is 10.6. The highest BCUT2D eigenvalue weighted by atomic mass is 32.2. The van der Waals surface area contributed by atoms with Crippen molar-refractivity contribution < 1.29 is 41.0 Å². The lowest BCUT2D eigenvalue weighted by Crippen LogP contribution is -2.38. The second-order valence-electron chi connectivity index (χ2n) is 9.47. The standard InChI is InChI=1S/C28H26F6N2O3S/c29-27(30,31)24-18(11-13-23(37)35-14-4-1-5-15-35)10-12-22(25(24)28(32,33)34)40-21-9-3-2-8-20(21)36-16-6-7-19(17-36)26(38)39/h1-4,8-13,19H,5-7,14-17H2,(H,38,39)/b13-11+. The van der Waals surface area contributed by atoms with E-state index in [1.54, 1.807) is 29.2 Å². The van der Waals surface area contributed by atoms with E-state index in [0.29, 0.717) is 49.8 Å². The normalized spacial score (nSPS) is 18.4. The molecule has 40 heavy (non-hydrogen) atoms. The average Bonchev–Trinajstić information content (AvgIpc) is 2.91. The van der Waals surface area contributed by atoms with Crippen LogP contribution in [0.1, 0.15) is 36.0 Å². The predicted molar refractivity (Wildman–Crippen MR) is 139 cm³/mol. The summed E-state index contributed by atoms with van der Waals surface area (Å²) in [4.78, 5) is 26.7. The molecule has 4 rings (SSSR count). The number of piperidine rings is 1. The van der Waals surface area contributed by atoms with Gasteiger partial charge in [0.15, 0.2) is 0 Å². The molecule has 2 aromatic carbocycles. The molecular weight excluding hydrogens is 558 g/mol. The Balaban J connectivity index is 1.74. The molecule has 1 atom stereocenters. The van der Waals surface area contributed by atoms with Crippen molar-refractivity contribution in [3.63, 3.8) is 0 Å². The van der Waals surface area contributed by atoms with E-state index in [-0.39, 0.29) is 18.0 Å². The Morgan fingerprint density at radius 1 is 0.925 bits per heavy atom. The predicted octanol–water partition coefficient (Wildman–Crippen LogP) is 6.98. The summed E-state index contributed by atoms with van der Waals surface area (Å²) in [5.74, 6) is -2.24. The summed E-state index contributed by atoms with van der Waals surface area (Å²) in [5.41, 5.74) is -4.02. The molecule has 0 aromatic heterocycles. The van der Waals surface area contributed by atoms with Gasteiger partial charge < -0.3 is 14.9 Å². The molecule has 0 spiro atoms. The highest BCUT2D eigenvalue weighted by Gasteiger charge is 2.46. The molecule has 2 aromatic rings. The number of aliphatic carboxylic acids is 1. The molecule has 1 N–H and O–H groups in total. The van der Waals surface area contributed by atoms with Crippen LogP contribution >= 0.6 is 11.8 Å². The fourth-order valence-corrected chi connectivity index (χ4v) is 5.98. The number of nitrogens with zero attached hydrogens (tertiary/aromatic N) is 2. The number of carbonyl (C=O) groups excluding carboxylic acids is 1. The van der Waals surface area contributed by atoms with E-state index in [1.807, 2.05) is 6.08 Å². The molecule has 2 aliphatic heterocycles. The number of alkyl halides is 6. The molecule has 0 bridgehead atoms. The van der Waals surface area contributed by atoms with Crippen LogP contribution in [0.15, 0.2) is 64.4 Å². The van der Waals surface area contributed by atoms with Crippen molar-refractivity contribution in [3.05, 3.63) is 71.3 Å². The minimum atomic E-state index is -5.36. The van der Waals surface area contributed by atoms with Gasteiger partial charge in [0.2, 0.25) is 5.91 Å². The maximum absolute atomic E-state index is 14.3. The van der Waals surface area contributed by atoms with Gasteiger partial charge in [-0.25, -0.2) is 0 Å². The third-order valence-corrected chi connectivity index (χ3v) is 7.86. The van der Waals surface area contributed by atoms with E-state index in [2.05, 4.69) is 0 Å². The van der Waals surface area contributed by atoms with Crippen LogP contribution in [0.25, 0.3) is 6.08 Å². The molecule has 12 heteroatoms. The van der Waals surface area contributed by atoms with Crippen molar-refractivity contribution in [2.24, 2.45) is 5.92 Å². The first kappa shape index (κ1) is 29.6. The van der Waals surface area contributed by atoms with Crippen LogP contribution in [0, 0.1) is 5.92 Å². The minimum absolute atomic E-state index is 0.136. The maximum Gasteiger partial charge on any atom is 0.418 e. The van der Waals surface area contributed by atoms with E-state index >= 15 is 0 Å². The molecule has 0 aliphatic carbocycles. The third-order valence-electron chi connectivity index (χ3n) is 6.74. The lowest BCUT2D eigenvalue weighted by atomic mass is 9.98. The van der Waals surface area contributed by atoms with Crippen molar-refractivity contribution in [3.8, 4) is 0 Å². The molecule has 0 saturated carbocycles. The summed E-state index contributed by atoms with van der Waals surface area (Å²) in [6.45, 7) is 1.23. The van der Waals surface area contributed by atoms with E-state index in [0.717, 1.165) is 24.3 Å². The first-order valence-corrected chi connectivity index (χ1v) is 13.4. The van der Waals surface area contributed by atoms with Crippen molar-refractivity contribution in [1.82, 2.24) is 4.90 Å². The van der Waals surface area contributed by atoms with Crippen LogP contribution in [-0.4, -0.2) is 48.1 Å². The number of hydrogen-bond donors (Lipinski definition) is 1. The number of carboxylic acids is 1. The summed E-state index contributed by atoms with van der Waals surface area (Å²) >= 11 is 0.541. The molecule has 1 unspecified atom stereocenters. The van der Waals surface area contributed by atoms with Crippen LogP contribution in [-0.2, 0) is 21.9 Å². The first-order chi connectivity index (χ1) is 18.9. The summed E-state index contributed by atoms with van der Waals surface area (Å²) < 4.78 is 85.6. The van der Waals surface area contributed by atoms with E-state index in [1.165, 1.54) is 11.0 Å². The van der Waals surface area contributed by atoms with Gasteiger partial charge in [-0.2, -0.15) is 26.3 Å². The molecule has 1 fully saturated rings. The Bertz CT molecular complexity index is 1320. The molecular formula is C28H26F6N2O3S. The average molecular weight is 585 g/mol. The van der Waals surface area contributed by atoms with Crippen LogP contribution in [0.4, 0.5) is 32.0 Å². The molecule has 5 nitrogen and oxygen atoms in total. The summed E-state index contributed by atoms with van der Waals surface area (Å²) in [5, 5.41) is 9.42. The maximum atomic E-state index is 14.3. The van der Waals surface area contributed by atoms with Gasteiger partial charge in [0, 0.05) is 42.0 Å². The Morgan fingerprint density at radius 2 is 1.65 bits per heavy atom. The van der Waals surface area contributed by atoms with Crippen LogP contribution in [0.3, 0.4) is 0 Å². The van der Waals surface area contributed by atoms with Crippen LogP contribution in [0.2, 0.25) is 0 Å². The van der Waals surface area contributed by atoms with Crippen molar-refractivity contribution >= 4 is 35.4 Å². The van der Waals surface area contributed by atoms with E-state index in [9.17, 15) is 41.0 Å². The molecule has 1 saturated heterocycles. The van der Waals surface area contributed by atoms with Crippen molar-refractivity contribution in [1.29, 1.82) is 0 Å². The van der Waals surface area contributed by atoms with Gasteiger partial charge in [-0.15, -0.1) is 0 Å². The zero-order valence-corrected chi connectivity index (χ0v) is 22.0. The monoisotopic (exact) mass is 584 g/mol. The lowest BCUT2D eigenvalue weighted by Gasteiger charge is -2.33. The number of benzene rings is 2. The van der Waals surface area contributed by atoms with Gasteiger partial charge >= 0.3 is 18.3 Å². The smallest absolute Gasteiger partial charge is 0.418 e.